The Labute approximate surface area is 383 Å². The topological polar surface area (TPSA) is 170 Å². The maximum absolute atomic E-state index is 11.8. The molecule has 3 aliphatic heterocycles. The molecule has 0 amide bonds. The van der Waals surface area contributed by atoms with Crippen molar-refractivity contribution in [2.75, 3.05) is 58.0 Å². The lowest BCUT2D eigenvalue weighted by Crippen LogP contribution is -2.48. The molecule has 2 aromatic carbocycles. The van der Waals surface area contributed by atoms with Crippen molar-refractivity contribution >= 4 is 43.2 Å². The molecule has 1 spiro atoms. The SMILES string of the molecule is COc1cc(CC2C(O)CSSC(CCO)c3cc(O)c(OC4CCC5CNCC6C#CC7(CC(C)CC(CSSC6)C7)C5C4)cc3CCC(OCO)CC2O)cc(OC)c1O. The zero-order chi connectivity index (χ0) is 43.8. The lowest BCUT2D eigenvalue weighted by molar-refractivity contribution is -0.0808. The first-order valence-electron chi connectivity index (χ1n) is 22.4. The van der Waals surface area contributed by atoms with Gasteiger partial charge < -0.3 is 54.9 Å². The van der Waals surface area contributed by atoms with E-state index < -0.39 is 31.0 Å². The maximum Gasteiger partial charge on any atom is 0.200 e. The van der Waals surface area contributed by atoms with Gasteiger partial charge in [0.2, 0.25) is 5.75 Å². The Morgan fingerprint density at radius 2 is 1.63 bits per heavy atom. The van der Waals surface area contributed by atoms with Gasteiger partial charge in [0.1, 0.15) is 6.79 Å². The molecule has 344 valence electrons. The molecule has 0 radical (unpaired) electrons. The molecule has 2 saturated carbocycles. The van der Waals surface area contributed by atoms with Gasteiger partial charge in [0.25, 0.3) is 0 Å². The van der Waals surface area contributed by atoms with Gasteiger partial charge in [-0.05, 0) is 142 Å². The number of phenolic OH excluding ortho intramolecular Hbond substituents is 2. The normalized spacial score (nSPS) is 34.5. The van der Waals surface area contributed by atoms with E-state index in [4.69, 9.17) is 18.9 Å². The fraction of sp³-hybridized carbons (Fsp3) is 0.702. The summed E-state index contributed by atoms with van der Waals surface area (Å²) in [5, 5.41) is 69.6. The molecule has 7 rings (SSSR count). The summed E-state index contributed by atoms with van der Waals surface area (Å²) >= 11 is 0. The summed E-state index contributed by atoms with van der Waals surface area (Å²) in [6.45, 7) is 3.75. The molecule has 5 aliphatic rings. The molecule has 2 fully saturated rings. The minimum Gasteiger partial charge on any atom is -0.504 e. The molecular weight excluding hydrogens is 867 g/mol. The Morgan fingerprint density at radius 1 is 0.839 bits per heavy atom. The van der Waals surface area contributed by atoms with E-state index >= 15 is 0 Å². The number of nitrogens with one attached hydrogen (secondary N) is 1. The molecule has 3 bridgehead atoms. The van der Waals surface area contributed by atoms with Crippen LogP contribution in [0.2, 0.25) is 0 Å². The maximum atomic E-state index is 11.8. The van der Waals surface area contributed by atoms with Crippen molar-refractivity contribution in [1.82, 2.24) is 5.32 Å². The van der Waals surface area contributed by atoms with Gasteiger partial charge >= 0.3 is 0 Å². The van der Waals surface area contributed by atoms with E-state index in [1.165, 1.54) is 48.0 Å². The van der Waals surface area contributed by atoms with E-state index in [-0.39, 0.29) is 65.0 Å². The zero-order valence-electron chi connectivity index (χ0n) is 36.3. The highest BCUT2D eigenvalue weighted by Gasteiger charge is 2.50. The molecule has 3 heterocycles. The van der Waals surface area contributed by atoms with Crippen molar-refractivity contribution in [2.24, 2.45) is 40.9 Å². The van der Waals surface area contributed by atoms with E-state index in [9.17, 15) is 30.6 Å². The van der Waals surface area contributed by atoms with E-state index in [0.717, 1.165) is 62.1 Å². The fourth-order valence-electron chi connectivity index (χ4n) is 11.0. The van der Waals surface area contributed by atoms with Crippen molar-refractivity contribution < 1.29 is 49.6 Å². The molecule has 15 heteroatoms. The van der Waals surface area contributed by atoms with E-state index in [2.05, 4.69) is 24.1 Å². The number of methoxy groups -OCH3 is 2. The van der Waals surface area contributed by atoms with Crippen LogP contribution in [0.25, 0.3) is 0 Å². The van der Waals surface area contributed by atoms with Crippen LogP contribution >= 0.6 is 43.2 Å². The van der Waals surface area contributed by atoms with Crippen LogP contribution in [0.4, 0.5) is 0 Å². The average Bonchev–Trinajstić information content (AvgIpc) is 3.32. The first kappa shape index (κ1) is 48.1. The largest absolute Gasteiger partial charge is 0.504 e. The van der Waals surface area contributed by atoms with Crippen LogP contribution in [0, 0.1) is 52.8 Å². The van der Waals surface area contributed by atoms with Crippen LogP contribution in [-0.2, 0) is 17.6 Å². The Hall–Kier alpha value is -1.84. The lowest BCUT2D eigenvalue weighted by Gasteiger charge is -2.50. The van der Waals surface area contributed by atoms with Crippen LogP contribution in [0.15, 0.2) is 24.3 Å². The van der Waals surface area contributed by atoms with Gasteiger partial charge in [0, 0.05) is 52.9 Å². The second kappa shape index (κ2) is 22.6. The lowest BCUT2D eigenvalue weighted by atomic mass is 9.55. The number of aryl methyl sites for hydroxylation is 1. The standard InChI is InChI=1S/C47H67NO10S4/c1-28-12-31-21-47(20-28)10-8-29(24-59-60-25-31)22-48-23-33-5-7-35(17-38(33)47)58-42-16-32-4-6-34(57-27-50)18-39(51)37(13-30-14-43(55-2)46(54)44(15-30)56-3)41(53)26-61-62-45(9-11-49)36(32)19-40(42)52/h14-16,19,28-29,31,33-35,37-39,41,45,48-54H,4-7,9,11-13,17-18,20-27H2,1-3H3. The Balaban J connectivity index is 1.14. The molecule has 2 aromatic rings. The zero-order valence-corrected chi connectivity index (χ0v) is 39.6. The molecule has 12 atom stereocenters. The van der Waals surface area contributed by atoms with E-state index in [0.29, 0.717) is 60.2 Å². The Bertz CT molecular complexity index is 1820. The van der Waals surface area contributed by atoms with Gasteiger partial charge in [0.15, 0.2) is 23.0 Å². The van der Waals surface area contributed by atoms with Crippen molar-refractivity contribution in [1.29, 1.82) is 0 Å². The number of ether oxygens (including phenoxy) is 4. The summed E-state index contributed by atoms with van der Waals surface area (Å²) in [6.07, 6.45) is 5.58. The van der Waals surface area contributed by atoms with Gasteiger partial charge in [-0.15, -0.1) is 0 Å². The predicted molar refractivity (Wildman–Crippen MR) is 251 cm³/mol. The minimum absolute atomic E-state index is 0.0440. The van der Waals surface area contributed by atoms with Crippen LogP contribution in [-0.4, -0.2) is 113 Å². The number of aliphatic hydroxyl groups is 4. The Morgan fingerprint density at radius 3 is 2.39 bits per heavy atom. The van der Waals surface area contributed by atoms with Gasteiger partial charge in [-0.2, -0.15) is 0 Å². The van der Waals surface area contributed by atoms with Crippen molar-refractivity contribution in [3.8, 4) is 40.6 Å². The molecule has 62 heavy (non-hydrogen) atoms. The van der Waals surface area contributed by atoms with Gasteiger partial charge in [0.05, 0.1) is 38.6 Å². The molecule has 11 nitrogen and oxygen atoms in total. The monoisotopic (exact) mass is 933 g/mol. The average molecular weight is 934 g/mol. The number of hydrogen-bond donors (Lipinski definition) is 7. The first-order valence-corrected chi connectivity index (χ1v) is 27.3. The molecule has 0 aromatic heterocycles. The second-order valence-corrected chi connectivity index (χ2v) is 23.5. The number of phenols is 2. The van der Waals surface area contributed by atoms with Crippen molar-refractivity contribution in [3.05, 3.63) is 41.0 Å². The Kier molecular flexibility index (Phi) is 17.5. The number of rotatable bonds is 10. The predicted octanol–water partition coefficient (Wildman–Crippen LogP) is 7.38. The van der Waals surface area contributed by atoms with Crippen LogP contribution < -0.4 is 19.5 Å². The smallest absolute Gasteiger partial charge is 0.200 e. The van der Waals surface area contributed by atoms with Gasteiger partial charge in [-0.25, -0.2) is 0 Å². The van der Waals surface area contributed by atoms with Crippen molar-refractivity contribution in [3.63, 3.8) is 0 Å². The number of aliphatic hydroxyl groups excluding tert-OH is 4. The minimum atomic E-state index is -1.00. The van der Waals surface area contributed by atoms with Crippen LogP contribution in [0.5, 0.6) is 28.7 Å². The third kappa shape index (κ3) is 11.8. The van der Waals surface area contributed by atoms with Crippen molar-refractivity contribution in [2.45, 2.75) is 107 Å². The summed E-state index contributed by atoms with van der Waals surface area (Å²) in [5.74, 6) is 13.1. The first-order chi connectivity index (χ1) is 30.0. The van der Waals surface area contributed by atoms with E-state index in [1.54, 1.807) is 18.2 Å². The number of fused-ring (bicyclic) bond motifs is 4. The highest BCUT2D eigenvalue weighted by Crippen LogP contribution is 2.55. The fourth-order valence-corrected chi connectivity index (χ4v) is 16.6. The third-order valence-corrected chi connectivity index (χ3v) is 19.4. The molecule has 2 aliphatic carbocycles. The third-order valence-electron chi connectivity index (χ3n) is 14.0. The number of benzene rings is 2. The quantitative estimate of drug-likeness (QED) is 0.0716. The van der Waals surface area contributed by atoms with Crippen LogP contribution in [0.1, 0.15) is 86.7 Å². The molecule has 7 N–H and O–H groups in total. The molecule has 12 unspecified atom stereocenters. The molecule has 0 saturated heterocycles. The highest BCUT2D eigenvalue weighted by atomic mass is 33.1. The highest BCUT2D eigenvalue weighted by molar-refractivity contribution is 8.77. The summed E-state index contributed by atoms with van der Waals surface area (Å²) in [7, 11) is 9.93. The van der Waals surface area contributed by atoms with Crippen LogP contribution in [0.3, 0.4) is 0 Å². The number of hydrogen-bond acceptors (Lipinski definition) is 15. The summed E-state index contributed by atoms with van der Waals surface area (Å²) in [5.41, 5.74) is 2.50. The number of aromatic hydroxyl groups is 2. The summed E-state index contributed by atoms with van der Waals surface area (Å²) in [4.78, 5) is 0. The van der Waals surface area contributed by atoms with Gasteiger partial charge in [-0.1, -0.05) is 61.9 Å². The molecular formula is C47H67NO10S4. The summed E-state index contributed by atoms with van der Waals surface area (Å²) in [6, 6.07) is 7.11. The second-order valence-electron chi connectivity index (χ2n) is 18.3. The summed E-state index contributed by atoms with van der Waals surface area (Å²) < 4.78 is 23.5. The van der Waals surface area contributed by atoms with Gasteiger partial charge in [-0.3, -0.25) is 0 Å². The van der Waals surface area contributed by atoms with E-state index in [1.807, 2.05) is 27.7 Å².